The number of rotatable bonds is 2. The molecular weight excluding hydrogens is 301 g/mol. The second kappa shape index (κ2) is 6.47. The van der Waals surface area contributed by atoms with Gasteiger partial charge in [-0.25, -0.2) is 19.2 Å². The van der Waals surface area contributed by atoms with E-state index < -0.39 is 0 Å². The van der Waals surface area contributed by atoms with E-state index in [1.807, 2.05) is 4.90 Å². The number of pyridine rings is 2. The topological polar surface area (TPSA) is 81.6 Å². The van der Waals surface area contributed by atoms with Gasteiger partial charge < -0.3 is 14.9 Å². The number of carbonyl (C=O) groups excluding carboxylic acids is 1. The first kappa shape index (κ1) is 15.0. The molecule has 8 heteroatoms. The van der Waals surface area contributed by atoms with Crippen molar-refractivity contribution in [2.24, 2.45) is 0 Å². The van der Waals surface area contributed by atoms with Gasteiger partial charge in [-0.05, 0) is 24.3 Å². The van der Waals surface area contributed by atoms with Gasteiger partial charge in [0.15, 0.2) is 0 Å². The Hall–Kier alpha value is -2.90. The van der Waals surface area contributed by atoms with E-state index in [2.05, 4.69) is 15.3 Å². The molecule has 2 aromatic heterocycles. The smallest absolute Gasteiger partial charge is 0.323 e. The quantitative estimate of drug-likeness (QED) is 0.884. The second-order valence-corrected chi connectivity index (χ2v) is 5.14. The molecule has 23 heavy (non-hydrogen) atoms. The van der Waals surface area contributed by atoms with Gasteiger partial charge in [0.1, 0.15) is 23.2 Å². The van der Waals surface area contributed by atoms with Crippen molar-refractivity contribution in [3.8, 4) is 5.75 Å². The molecule has 0 saturated carbocycles. The van der Waals surface area contributed by atoms with Crippen LogP contribution in [-0.2, 0) is 0 Å². The third-order valence-electron chi connectivity index (χ3n) is 3.59. The molecule has 0 unspecified atom stereocenters. The number of aromatic nitrogens is 2. The first-order chi connectivity index (χ1) is 11.1. The zero-order valence-corrected chi connectivity index (χ0v) is 12.3. The summed E-state index contributed by atoms with van der Waals surface area (Å²) in [6.07, 6.45) is 2.46. The molecule has 0 spiro atoms. The van der Waals surface area contributed by atoms with Crippen molar-refractivity contribution >= 4 is 17.7 Å². The zero-order valence-electron chi connectivity index (χ0n) is 12.3. The molecule has 2 aromatic rings. The maximum absolute atomic E-state index is 12.9. The summed E-state index contributed by atoms with van der Waals surface area (Å²) in [5.74, 6) is 0.763. The Balaban J connectivity index is 0.00000208. The fourth-order valence-corrected chi connectivity index (χ4v) is 2.34. The summed E-state index contributed by atoms with van der Waals surface area (Å²) in [4.78, 5) is 23.8. The molecule has 0 radical (unpaired) electrons. The van der Waals surface area contributed by atoms with Gasteiger partial charge in [0, 0.05) is 27.6 Å². The molecular formula is C15H18FN5O2. The number of halogens is 1. The highest BCUT2D eigenvalue weighted by Gasteiger charge is 2.22. The fraction of sp³-hybridized carbons (Fsp3) is 0.267. The molecule has 2 N–H and O–H groups in total. The van der Waals surface area contributed by atoms with Crippen LogP contribution in [0.1, 0.15) is 1.43 Å². The van der Waals surface area contributed by atoms with Gasteiger partial charge in [-0.3, -0.25) is 5.32 Å². The summed E-state index contributed by atoms with van der Waals surface area (Å²) in [5, 5.41) is 11.9. The molecule has 7 nitrogen and oxygen atoms in total. The van der Waals surface area contributed by atoms with Crippen LogP contribution in [0, 0.1) is 5.82 Å². The average Bonchev–Trinajstić information content (AvgIpc) is 2.58. The van der Waals surface area contributed by atoms with Gasteiger partial charge in [-0.1, -0.05) is 0 Å². The maximum Gasteiger partial charge on any atom is 0.323 e. The van der Waals surface area contributed by atoms with Gasteiger partial charge in [0.2, 0.25) is 0 Å². The molecule has 2 amide bonds. The number of urea groups is 1. The Labute approximate surface area is 133 Å². The Morgan fingerprint density at radius 1 is 1.13 bits per heavy atom. The zero-order chi connectivity index (χ0) is 16.2. The van der Waals surface area contributed by atoms with Crippen LogP contribution in [0.25, 0.3) is 0 Å². The van der Waals surface area contributed by atoms with Crippen LogP contribution in [0.15, 0.2) is 36.7 Å². The number of amides is 2. The summed E-state index contributed by atoms with van der Waals surface area (Å²) in [6.45, 7) is 2.30. The van der Waals surface area contributed by atoms with Gasteiger partial charge in [-0.2, -0.15) is 0 Å². The Morgan fingerprint density at radius 3 is 2.52 bits per heavy atom. The number of hydrogen-bond acceptors (Lipinski definition) is 5. The van der Waals surface area contributed by atoms with Crippen LogP contribution in [0.3, 0.4) is 0 Å². The van der Waals surface area contributed by atoms with Crippen LogP contribution in [0.5, 0.6) is 5.75 Å². The first-order valence-electron chi connectivity index (χ1n) is 7.19. The third-order valence-corrected chi connectivity index (χ3v) is 3.59. The second-order valence-electron chi connectivity index (χ2n) is 5.14. The number of anilines is 2. The van der Waals surface area contributed by atoms with Gasteiger partial charge in [-0.15, -0.1) is 0 Å². The van der Waals surface area contributed by atoms with Gasteiger partial charge in [0.25, 0.3) is 0 Å². The third kappa shape index (κ3) is 3.65. The van der Waals surface area contributed by atoms with Crippen molar-refractivity contribution in [2.45, 2.75) is 0 Å². The van der Waals surface area contributed by atoms with Gasteiger partial charge in [0.05, 0.1) is 12.4 Å². The fourth-order valence-electron chi connectivity index (χ4n) is 2.34. The van der Waals surface area contributed by atoms with Crippen LogP contribution < -0.4 is 10.2 Å². The van der Waals surface area contributed by atoms with E-state index in [1.54, 1.807) is 11.0 Å². The highest BCUT2D eigenvalue weighted by Crippen LogP contribution is 2.15. The highest BCUT2D eigenvalue weighted by atomic mass is 19.1. The van der Waals surface area contributed by atoms with E-state index in [0.29, 0.717) is 37.8 Å². The van der Waals surface area contributed by atoms with E-state index >= 15 is 0 Å². The molecule has 0 bridgehead atoms. The lowest BCUT2D eigenvalue weighted by Gasteiger charge is -2.35. The van der Waals surface area contributed by atoms with Crippen LogP contribution >= 0.6 is 0 Å². The van der Waals surface area contributed by atoms with Crippen LogP contribution in [-0.4, -0.2) is 52.2 Å². The minimum atomic E-state index is -0.367. The van der Waals surface area contributed by atoms with Crippen molar-refractivity contribution in [2.75, 3.05) is 36.4 Å². The number of nitrogens with zero attached hydrogens (tertiary/aromatic N) is 4. The SMILES string of the molecule is O=C(Nc1ccc(O)cn1)N1CCN(c2ccc(F)cn2)CC1.[HH]. The van der Waals surface area contributed by atoms with Crippen LogP contribution in [0.2, 0.25) is 0 Å². The molecule has 1 saturated heterocycles. The lowest BCUT2D eigenvalue weighted by atomic mass is 10.3. The normalized spacial score (nSPS) is 14.7. The predicted octanol–water partition coefficient (Wildman–Crippen LogP) is 1.92. The molecule has 1 aliphatic heterocycles. The number of nitrogens with one attached hydrogen (secondary N) is 1. The molecule has 1 fully saturated rings. The van der Waals surface area contributed by atoms with Crippen molar-refractivity contribution in [3.63, 3.8) is 0 Å². The number of hydrogen-bond donors (Lipinski definition) is 2. The lowest BCUT2D eigenvalue weighted by Crippen LogP contribution is -2.50. The molecule has 3 heterocycles. The minimum Gasteiger partial charge on any atom is -0.506 e. The van der Waals surface area contributed by atoms with E-state index in [0.717, 1.165) is 0 Å². The number of carbonyl (C=O) groups is 1. The van der Waals surface area contributed by atoms with Crippen molar-refractivity contribution in [1.82, 2.24) is 14.9 Å². The Kier molecular flexibility index (Phi) is 4.22. The van der Waals surface area contributed by atoms with Crippen molar-refractivity contribution in [1.29, 1.82) is 0 Å². The highest BCUT2D eigenvalue weighted by molar-refractivity contribution is 5.88. The van der Waals surface area contributed by atoms with E-state index in [-0.39, 0.29) is 19.0 Å². The summed E-state index contributed by atoms with van der Waals surface area (Å²) in [6, 6.07) is 5.76. The molecule has 0 atom stereocenters. The number of piperazine rings is 1. The van der Waals surface area contributed by atoms with Crippen LogP contribution in [0.4, 0.5) is 20.8 Å². The monoisotopic (exact) mass is 319 g/mol. The summed E-state index contributed by atoms with van der Waals surface area (Å²) in [7, 11) is 0. The van der Waals surface area contributed by atoms with Gasteiger partial charge >= 0.3 is 6.03 Å². The van der Waals surface area contributed by atoms with Crippen molar-refractivity contribution < 1.29 is 15.7 Å². The standard InChI is InChI=1S/C15H16FN5O2.H2/c16-11-1-4-14(18-9-11)20-5-7-21(8-6-20)15(23)19-13-3-2-12(22)10-17-13;/h1-4,9-10,22H,5-8H2,(H,17,19,23);1H. The summed E-state index contributed by atoms with van der Waals surface area (Å²) in [5.41, 5.74) is 0. The Morgan fingerprint density at radius 2 is 1.91 bits per heavy atom. The Bertz CT molecular complexity index is 675. The summed E-state index contributed by atoms with van der Waals surface area (Å²) < 4.78 is 12.9. The van der Waals surface area contributed by atoms with E-state index in [9.17, 15) is 14.3 Å². The molecule has 1 aliphatic rings. The molecule has 3 rings (SSSR count). The largest absolute Gasteiger partial charge is 0.506 e. The van der Waals surface area contributed by atoms with E-state index in [4.69, 9.17) is 0 Å². The van der Waals surface area contributed by atoms with Crippen molar-refractivity contribution in [3.05, 3.63) is 42.5 Å². The molecule has 122 valence electrons. The minimum absolute atomic E-state index is 0. The predicted molar refractivity (Wildman–Crippen MR) is 85.0 cm³/mol. The lowest BCUT2D eigenvalue weighted by molar-refractivity contribution is 0.208. The maximum atomic E-state index is 12.9. The average molecular weight is 319 g/mol. The molecule has 0 aromatic carbocycles. The number of aromatic hydroxyl groups is 1. The molecule has 0 aliphatic carbocycles. The summed E-state index contributed by atoms with van der Waals surface area (Å²) >= 11 is 0. The van der Waals surface area contributed by atoms with E-state index in [1.165, 1.54) is 30.6 Å². The first-order valence-corrected chi connectivity index (χ1v) is 7.19.